The van der Waals surface area contributed by atoms with E-state index in [-0.39, 0.29) is 6.10 Å². The van der Waals surface area contributed by atoms with Gasteiger partial charge in [-0.15, -0.1) is 0 Å². The first-order valence-electron chi connectivity index (χ1n) is 3.95. The number of hydrogen-bond donors (Lipinski definition) is 0. The Kier molecular flexibility index (Phi) is 3.52. The minimum atomic E-state index is 0.0942. The van der Waals surface area contributed by atoms with Crippen molar-refractivity contribution in [2.24, 2.45) is 0 Å². The summed E-state index contributed by atoms with van der Waals surface area (Å²) < 4.78 is 10.1. The number of ether oxygens (including phenoxy) is 2. The van der Waals surface area contributed by atoms with Crippen LogP contribution >= 0.6 is 0 Å². The Balaban J connectivity index is 2.03. The Morgan fingerprint density at radius 3 is 3.00 bits per heavy atom. The average Bonchev–Trinajstić information content (AvgIpc) is 2.81. The van der Waals surface area contributed by atoms with Gasteiger partial charge in [-0.05, 0) is 12.8 Å². The zero-order chi connectivity index (χ0) is 8.10. The van der Waals surface area contributed by atoms with Crippen molar-refractivity contribution in [2.45, 2.75) is 31.5 Å². The Bertz CT molecular complexity index is 121. The average molecular weight is 158 g/mol. The van der Waals surface area contributed by atoms with Crippen molar-refractivity contribution < 1.29 is 14.3 Å². The molecule has 0 aliphatic carbocycles. The SMILES string of the molecule is COC(CC=O)CCC1CO1. The summed E-state index contributed by atoms with van der Waals surface area (Å²) in [6.07, 6.45) is 3.90. The van der Waals surface area contributed by atoms with E-state index in [4.69, 9.17) is 9.47 Å². The van der Waals surface area contributed by atoms with Crippen LogP contribution in [0.25, 0.3) is 0 Å². The van der Waals surface area contributed by atoms with E-state index in [0.29, 0.717) is 12.5 Å². The molecule has 0 aromatic carbocycles. The molecule has 1 fully saturated rings. The maximum atomic E-state index is 10.1. The minimum absolute atomic E-state index is 0.0942. The molecule has 2 atom stereocenters. The first-order chi connectivity index (χ1) is 5.36. The summed E-state index contributed by atoms with van der Waals surface area (Å²) >= 11 is 0. The van der Waals surface area contributed by atoms with E-state index < -0.39 is 0 Å². The van der Waals surface area contributed by atoms with Crippen LogP contribution in [0.4, 0.5) is 0 Å². The summed E-state index contributed by atoms with van der Waals surface area (Å²) in [5.74, 6) is 0. The molecule has 0 bridgehead atoms. The summed E-state index contributed by atoms with van der Waals surface area (Å²) in [5.41, 5.74) is 0. The van der Waals surface area contributed by atoms with Gasteiger partial charge in [0.05, 0.1) is 18.8 Å². The van der Waals surface area contributed by atoms with Crippen LogP contribution in [-0.4, -0.2) is 32.2 Å². The lowest BCUT2D eigenvalue weighted by molar-refractivity contribution is -0.110. The van der Waals surface area contributed by atoms with Crippen molar-refractivity contribution in [2.75, 3.05) is 13.7 Å². The second-order valence-electron chi connectivity index (χ2n) is 2.79. The Hall–Kier alpha value is -0.410. The predicted octanol–water partition coefficient (Wildman–Crippen LogP) is 0.769. The topological polar surface area (TPSA) is 38.8 Å². The molecular weight excluding hydrogens is 144 g/mol. The largest absolute Gasteiger partial charge is 0.381 e. The number of carbonyl (C=O) groups excluding carboxylic acids is 1. The molecule has 0 amide bonds. The first kappa shape index (κ1) is 8.68. The molecule has 0 aromatic rings. The molecule has 1 aliphatic rings. The van der Waals surface area contributed by atoms with E-state index >= 15 is 0 Å². The zero-order valence-electron chi connectivity index (χ0n) is 6.79. The molecule has 3 heteroatoms. The molecule has 64 valence electrons. The Labute approximate surface area is 66.7 Å². The summed E-state index contributed by atoms with van der Waals surface area (Å²) in [6, 6.07) is 0. The third-order valence-electron chi connectivity index (χ3n) is 1.91. The molecule has 0 radical (unpaired) electrons. The normalized spacial score (nSPS) is 24.6. The fraction of sp³-hybridized carbons (Fsp3) is 0.875. The summed E-state index contributed by atoms with van der Waals surface area (Å²) in [6.45, 7) is 0.886. The molecular formula is C8H14O3. The van der Waals surface area contributed by atoms with Gasteiger partial charge >= 0.3 is 0 Å². The highest BCUT2D eigenvalue weighted by Gasteiger charge is 2.23. The molecule has 1 saturated heterocycles. The van der Waals surface area contributed by atoms with Crippen molar-refractivity contribution in [3.8, 4) is 0 Å². The van der Waals surface area contributed by atoms with Crippen LogP contribution in [0.1, 0.15) is 19.3 Å². The van der Waals surface area contributed by atoms with Gasteiger partial charge in [0, 0.05) is 13.5 Å². The number of rotatable bonds is 6. The lowest BCUT2D eigenvalue weighted by Gasteiger charge is -2.09. The van der Waals surface area contributed by atoms with Crippen molar-refractivity contribution in [3.05, 3.63) is 0 Å². The third kappa shape index (κ3) is 3.49. The van der Waals surface area contributed by atoms with Gasteiger partial charge in [0.25, 0.3) is 0 Å². The number of carbonyl (C=O) groups is 1. The molecule has 3 nitrogen and oxygen atoms in total. The molecule has 0 N–H and O–H groups in total. The lowest BCUT2D eigenvalue weighted by atomic mass is 10.1. The fourth-order valence-electron chi connectivity index (χ4n) is 1.05. The number of methoxy groups -OCH3 is 1. The molecule has 1 rings (SSSR count). The second kappa shape index (κ2) is 4.46. The van der Waals surface area contributed by atoms with Crippen LogP contribution < -0.4 is 0 Å². The van der Waals surface area contributed by atoms with Crippen LogP contribution in [0.2, 0.25) is 0 Å². The highest BCUT2D eigenvalue weighted by molar-refractivity contribution is 5.50. The van der Waals surface area contributed by atoms with Crippen LogP contribution in [0.5, 0.6) is 0 Å². The predicted molar refractivity (Wildman–Crippen MR) is 40.5 cm³/mol. The van der Waals surface area contributed by atoms with Gasteiger partial charge in [0.15, 0.2) is 0 Å². The molecule has 0 spiro atoms. The lowest BCUT2D eigenvalue weighted by Crippen LogP contribution is -2.11. The van der Waals surface area contributed by atoms with E-state index in [2.05, 4.69) is 0 Å². The molecule has 2 unspecified atom stereocenters. The smallest absolute Gasteiger partial charge is 0.122 e. The van der Waals surface area contributed by atoms with Gasteiger partial charge < -0.3 is 14.3 Å². The second-order valence-corrected chi connectivity index (χ2v) is 2.79. The van der Waals surface area contributed by atoms with E-state index in [1.54, 1.807) is 7.11 Å². The first-order valence-corrected chi connectivity index (χ1v) is 3.95. The Morgan fingerprint density at radius 1 is 1.82 bits per heavy atom. The van der Waals surface area contributed by atoms with Crippen LogP contribution in [-0.2, 0) is 14.3 Å². The highest BCUT2D eigenvalue weighted by Crippen LogP contribution is 2.18. The number of hydrogen-bond acceptors (Lipinski definition) is 3. The standard InChI is InChI=1S/C8H14O3/c1-10-7(4-5-9)2-3-8-6-11-8/h5,7-8H,2-4,6H2,1H3. The molecule has 1 heterocycles. The van der Waals surface area contributed by atoms with E-state index in [1.807, 2.05) is 0 Å². The van der Waals surface area contributed by atoms with Crippen LogP contribution in [0.3, 0.4) is 0 Å². The van der Waals surface area contributed by atoms with Gasteiger partial charge in [-0.1, -0.05) is 0 Å². The maximum Gasteiger partial charge on any atom is 0.122 e. The van der Waals surface area contributed by atoms with E-state index in [0.717, 1.165) is 25.7 Å². The monoisotopic (exact) mass is 158 g/mol. The third-order valence-corrected chi connectivity index (χ3v) is 1.91. The van der Waals surface area contributed by atoms with Crippen molar-refractivity contribution in [1.29, 1.82) is 0 Å². The molecule has 0 saturated carbocycles. The fourth-order valence-corrected chi connectivity index (χ4v) is 1.05. The van der Waals surface area contributed by atoms with Crippen molar-refractivity contribution >= 4 is 6.29 Å². The quantitative estimate of drug-likeness (QED) is 0.423. The minimum Gasteiger partial charge on any atom is -0.381 e. The summed E-state index contributed by atoms with van der Waals surface area (Å²) in [5, 5.41) is 0. The molecule has 0 aromatic heterocycles. The van der Waals surface area contributed by atoms with E-state index in [1.165, 1.54) is 0 Å². The summed E-state index contributed by atoms with van der Waals surface area (Å²) in [4.78, 5) is 10.1. The van der Waals surface area contributed by atoms with Gasteiger partial charge in [0.1, 0.15) is 6.29 Å². The highest BCUT2D eigenvalue weighted by atomic mass is 16.6. The number of epoxide rings is 1. The van der Waals surface area contributed by atoms with E-state index in [9.17, 15) is 4.79 Å². The molecule has 1 aliphatic heterocycles. The van der Waals surface area contributed by atoms with Gasteiger partial charge in [0.2, 0.25) is 0 Å². The molecule has 11 heavy (non-hydrogen) atoms. The van der Waals surface area contributed by atoms with Gasteiger partial charge in [-0.2, -0.15) is 0 Å². The summed E-state index contributed by atoms with van der Waals surface area (Å²) in [7, 11) is 1.64. The van der Waals surface area contributed by atoms with Gasteiger partial charge in [-0.3, -0.25) is 0 Å². The zero-order valence-corrected chi connectivity index (χ0v) is 6.79. The van der Waals surface area contributed by atoms with Crippen molar-refractivity contribution in [1.82, 2.24) is 0 Å². The number of aldehydes is 1. The van der Waals surface area contributed by atoms with Crippen molar-refractivity contribution in [3.63, 3.8) is 0 Å². The van der Waals surface area contributed by atoms with Crippen LogP contribution in [0, 0.1) is 0 Å². The van der Waals surface area contributed by atoms with Gasteiger partial charge in [-0.25, -0.2) is 0 Å². The Morgan fingerprint density at radius 2 is 2.55 bits per heavy atom. The van der Waals surface area contributed by atoms with Crippen LogP contribution in [0.15, 0.2) is 0 Å². The maximum absolute atomic E-state index is 10.1.